The minimum atomic E-state index is -3.77. The zero-order chi connectivity index (χ0) is 22.7. The summed E-state index contributed by atoms with van der Waals surface area (Å²) in [5, 5.41) is 0.896. The first-order valence-electron chi connectivity index (χ1n) is 10.4. The van der Waals surface area contributed by atoms with Crippen LogP contribution in [0.25, 0.3) is 11.0 Å². The fourth-order valence-electron chi connectivity index (χ4n) is 3.88. The van der Waals surface area contributed by atoms with Crippen LogP contribution in [0.1, 0.15) is 23.4 Å². The quantitative estimate of drug-likeness (QED) is 0.584. The number of sulfonamides is 1. The number of nitrogens with zero attached hydrogens (tertiary/aromatic N) is 1. The number of nitrogens with one attached hydrogen (secondary N) is 1. The molecule has 0 unspecified atom stereocenters. The Hall–Kier alpha value is -3.04. The molecule has 1 aliphatic heterocycles. The van der Waals surface area contributed by atoms with Crippen molar-refractivity contribution in [3.8, 4) is 11.5 Å². The molecule has 4 rings (SSSR count). The summed E-state index contributed by atoms with van der Waals surface area (Å²) < 4.78 is 44.4. The minimum absolute atomic E-state index is 0.0387. The SMILES string of the molecule is COc1ccc(OC)c(S(=O)(=O)NCC2CCN(C(=O)c3cc4ccccc4o3)CC2)c1. The molecule has 1 amide bonds. The van der Waals surface area contributed by atoms with E-state index in [2.05, 4.69) is 4.72 Å². The van der Waals surface area contributed by atoms with Crippen molar-refractivity contribution in [1.29, 1.82) is 0 Å². The first kappa shape index (κ1) is 22.2. The largest absolute Gasteiger partial charge is 0.497 e. The fraction of sp³-hybridized carbons (Fsp3) is 0.348. The van der Waals surface area contributed by atoms with Crippen molar-refractivity contribution >= 4 is 26.9 Å². The molecule has 170 valence electrons. The predicted molar refractivity (Wildman–Crippen MR) is 120 cm³/mol. The Morgan fingerprint density at radius 1 is 1.09 bits per heavy atom. The van der Waals surface area contributed by atoms with E-state index in [1.54, 1.807) is 23.1 Å². The van der Waals surface area contributed by atoms with Crippen molar-refractivity contribution in [3.63, 3.8) is 0 Å². The van der Waals surface area contributed by atoms with Gasteiger partial charge >= 0.3 is 0 Å². The van der Waals surface area contributed by atoms with Gasteiger partial charge in [0.1, 0.15) is 22.0 Å². The molecule has 0 radical (unpaired) electrons. The molecule has 0 atom stereocenters. The molecular weight excluding hydrogens is 432 g/mol. The zero-order valence-electron chi connectivity index (χ0n) is 18.0. The molecule has 0 saturated carbocycles. The maximum atomic E-state index is 12.8. The number of furan rings is 1. The molecular formula is C23H26N2O6S. The summed E-state index contributed by atoms with van der Waals surface area (Å²) in [6, 6.07) is 13.9. The van der Waals surface area contributed by atoms with Gasteiger partial charge in [0.25, 0.3) is 5.91 Å². The fourth-order valence-corrected chi connectivity index (χ4v) is 5.18. The second-order valence-corrected chi connectivity index (χ2v) is 9.49. The number of rotatable bonds is 7. The summed E-state index contributed by atoms with van der Waals surface area (Å²) in [4.78, 5) is 14.6. The lowest BCUT2D eigenvalue weighted by molar-refractivity contribution is 0.0662. The molecule has 0 spiro atoms. The lowest BCUT2D eigenvalue weighted by Gasteiger charge is -2.31. The molecule has 2 aromatic carbocycles. The summed E-state index contributed by atoms with van der Waals surface area (Å²) in [5.41, 5.74) is 0.688. The Morgan fingerprint density at radius 2 is 1.84 bits per heavy atom. The lowest BCUT2D eigenvalue weighted by atomic mass is 9.97. The van der Waals surface area contributed by atoms with Crippen molar-refractivity contribution in [2.24, 2.45) is 5.92 Å². The van der Waals surface area contributed by atoms with E-state index < -0.39 is 10.0 Å². The minimum Gasteiger partial charge on any atom is -0.497 e. The highest BCUT2D eigenvalue weighted by atomic mass is 32.2. The van der Waals surface area contributed by atoms with Gasteiger partial charge in [-0.3, -0.25) is 4.79 Å². The number of likely N-dealkylation sites (tertiary alicyclic amines) is 1. The van der Waals surface area contributed by atoms with Gasteiger partial charge < -0.3 is 18.8 Å². The first-order chi connectivity index (χ1) is 15.4. The standard InChI is InChI=1S/C23H26N2O6S/c1-29-18-7-8-20(30-2)22(14-18)32(27,28)24-15-16-9-11-25(12-10-16)23(26)21-13-17-5-3-4-6-19(17)31-21/h3-8,13-14,16,24H,9-12,15H2,1-2H3. The Bertz CT molecular complexity index is 1180. The van der Waals surface area contributed by atoms with Crippen LogP contribution in [0.4, 0.5) is 0 Å². The van der Waals surface area contributed by atoms with Gasteiger partial charge in [0.2, 0.25) is 10.0 Å². The van der Waals surface area contributed by atoms with Gasteiger partial charge in [-0.1, -0.05) is 18.2 Å². The van der Waals surface area contributed by atoms with Gasteiger partial charge in [0.05, 0.1) is 14.2 Å². The monoisotopic (exact) mass is 458 g/mol. The number of hydrogen-bond donors (Lipinski definition) is 1. The summed E-state index contributed by atoms with van der Waals surface area (Å²) in [7, 11) is -0.869. The van der Waals surface area contributed by atoms with Gasteiger partial charge in [-0.15, -0.1) is 0 Å². The van der Waals surface area contributed by atoms with Crippen LogP contribution in [0.2, 0.25) is 0 Å². The number of carbonyl (C=O) groups is 1. The molecule has 3 aromatic rings. The Kier molecular flexibility index (Phi) is 6.38. The van der Waals surface area contributed by atoms with Crippen molar-refractivity contribution in [1.82, 2.24) is 9.62 Å². The van der Waals surface area contributed by atoms with Gasteiger partial charge in [-0.2, -0.15) is 0 Å². The predicted octanol–water partition coefficient (Wildman–Crippen LogP) is 3.28. The van der Waals surface area contributed by atoms with Crippen LogP contribution >= 0.6 is 0 Å². The van der Waals surface area contributed by atoms with E-state index in [1.165, 1.54) is 20.3 Å². The molecule has 2 heterocycles. The highest BCUT2D eigenvalue weighted by Crippen LogP contribution is 2.29. The number of benzene rings is 2. The Balaban J connectivity index is 1.35. The molecule has 1 fully saturated rings. The second kappa shape index (κ2) is 9.22. The highest BCUT2D eigenvalue weighted by molar-refractivity contribution is 7.89. The van der Waals surface area contributed by atoms with Crippen molar-refractivity contribution in [3.05, 3.63) is 54.3 Å². The van der Waals surface area contributed by atoms with Gasteiger partial charge in [0.15, 0.2) is 5.76 Å². The third kappa shape index (κ3) is 4.58. The maximum absolute atomic E-state index is 12.8. The number of piperidine rings is 1. The van der Waals surface area contributed by atoms with Crippen molar-refractivity contribution in [2.75, 3.05) is 33.9 Å². The van der Waals surface area contributed by atoms with E-state index in [0.717, 1.165) is 5.39 Å². The van der Waals surface area contributed by atoms with Gasteiger partial charge in [0, 0.05) is 31.1 Å². The second-order valence-electron chi connectivity index (χ2n) is 7.75. The van der Waals surface area contributed by atoms with Gasteiger partial charge in [-0.05, 0) is 43.0 Å². The van der Waals surface area contributed by atoms with Crippen LogP contribution in [0, 0.1) is 5.92 Å². The van der Waals surface area contributed by atoms with E-state index in [-0.39, 0.29) is 29.0 Å². The number of para-hydroxylation sites is 1. The maximum Gasteiger partial charge on any atom is 0.289 e. The molecule has 32 heavy (non-hydrogen) atoms. The van der Waals surface area contributed by atoms with Crippen LogP contribution in [0.3, 0.4) is 0 Å². The first-order valence-corrected chi connectivity index (χ1v) is 11.9. The smallest absolute Gasteiger partial charge is 0.289 e. The van der Waals surface area contributed by atoms with Crippen molar-refractivity contribution < 1.29 is 27.1 Å². The number of methoxy groups -OCH3 is 2. The molecule has 9 heteroatoms. The third-order valence-electron chi connectivity index (χ3n) is 5.76. The molecule has 8 nitrogen and oxygen atoms in total. The molecule has 1 aliphatic rings. The summed E-state index contributed by atoms with van der Waals surface area (Å²) in [6.07, 6.45) is 1.40. The van der Waals surface area contributed by atoms with E-state index in [1.807, 2.05) is 24.3 Å². The number of hydrogen-bond acceptors (Lipinski definition) is 6. The van der Waals surface area contributed by atoms with Crippen LogP contribution in [-0.4, -0.2) is 53.1 Å². The highest BCUT2D eigenvalue weighted by Gasteiger charge is 2.27. The summed E-state index contributed by atoms with van der Waals surface area (Å²) in [6.45, 7) is 1.38. The average Bonchev–Trinajstić information content (AvgIpc) is 3.26. The average molecular weight is 459 g/mol. The molecule has 0 aliphatic carbocycles. The third-order valence-corrected chi connectivity index (χ3v) is 7.21. The molecule has 1 aromatic heterocycles. The van der Waals surface area contributed by atoms with E-state index in [9.17, 15) is 13.2 Å². The van der Waals surface area contributed by atoms with Crippen LogP contribution in [0.15, 0.2) is 57.8 Å². The Morgan fingerprint density at radius 3 is 2.53 bits per heavy atom. The Labute approximate surface area is 187 Å². The van der Waals surface area contributed by atoms with Gasteiger partial charge in [-0.25, -0.2) is 13.1 Å². The summed E-state index contributed by atoms with van der Waals surface area (Å²) >= 11 is 0. The molecule has 0 bridgehead atoms. The number of fused-ring (bicyclic) bond motifs is 1. The number of amides is 1. The van der Waals surface area contributed by atoms with E-state index in [0.29, 0.717) is 43.0 Å². The normalized spacial score (nSPS) is 15.1. The van der Waals surface area contributed by atoms with Crippen LogP contribution < -0.4 is 14.2 Å². The van der Waals surface area contributed by atoms with Crippen molar-refractivity contribution in [2.45, 2.75) is 17.7 Å². The zero-order valence-corrected chi connectivity index (χ0v) is 18.9. The number of ether oxygens (including phenoxy) is 2. The molecule has 1 saturated heterocycles. The molecule has 1 N–H and O–H groups in total. The van der Waals surface area contributed by atoms with Crippen LogP contribution in [-0.2, 0) is 10.0 Å². The van der Waals surface area contributed by atoms with Crippen LogP contribution in [0.5, 0.6) is 11.5 Å². The van der Waals surface area contributed by atoms with E-state index in [4.69, 9.17) is 13.9 Å². The number of carbonyl (C=O) groups excluding carboxylic acids is 1. The lowest BCUT2D eigenvalue weighted by Crippen LogP contribution is -2.41. The topological polar surface area (TPSA) is 98.1 Å². The van der Waals surface area contributed by atoms with E-state index >= 15 is 0 Å². The summed E-state index contributed by atoms with van der Waals surface area (Å²) in [5.74, 6) is 1.01.